The lowest BCUT2D eigenvalue weighted by Crippen LogP contribution is -2.02. The standard InChI is InChI=1S/C11H15N3O2/c1-7-9(3)16-11(12-7)6-14-5-4-10(13-14)8(2)15/h4-5,8,15H,6H2,1-3H3/t8-/m0/s1. The monoisotopic (exact) mass is 221 g/mol. The molecule has 2 aromatic rings. The quantitative estimate of drug-likeness (QED) is 0.854. The summed E-state index contributed by atoms with van der Waals surface area (Å²) >= 11 is 0. The second-order valence-electron chi connectivity index (χ2n) is 3.86. The number of hydrogen-bond acceptors (Lipinski definition) is 4. The molecule has 86 valence electrons. The molecule has 0 radical (unpaired) electrons. The van der Waals surface area contributed by atoms with E-state index in [0.29, 0.717) is 18.1 Å². The molecule has 0 fully saturated rings. The van der Waals surface area contributed by atoms with E-state index in [9.17, 15) is 5.11 Å². The molecular formula is C11H15N3O2. The number of aliphatic hydroxyl groups is 1. The Morgan fingerprint density at radius 2 is 2.25 bits per heavy atom. The van der Waals surface area contributed by atoms with Crippen LogP contribution in [0.3, 0.4) is 0 Å². The third-order valence-corrected chi connectivity index (χ3v) is 2.46. The average Bonchev–Trinajstić information content (AvgIpc) is 2.76. The van der Waals surface area contributed by atoms with Crippen molar-refractivity contribution in [3.05, 3.63) is 35.3 Å². The van der Waals surface area contributed by atoms with Crippen molar-refractivity contribution in [1.82, 2.24) is 14.8 Å². The summed E-state index contributed by atoms with van der Waals surface area (Å²) < 4.78 is 7.15. The fraction of sp³-hybridized carbons (Fsp3) is 0.455. The van der Waals surface area contributed by atoms with Crippen molar-refractivity contribution in [2.75, 3.05) is 0 Å². The molecule has 0 aliphatic rings. The lowest BCUT2D eigenvalue weighted by molar-refractivity contribution is 0.193. The summed E-state index contributed by atoms with van der Waals surface area (Å²) in [5.74, 6) is 1.47. The summed E-state index contributed by atoms with van der Waals surface area (Å²) in [4.78, 5) is 4.27. The van der Waals surface area contributed by atoms with Crippen LogP contribution in [0.15, 0.2) is 16.7 Å². The van der Waals surface area contributed by atoms with E-state index in [1.54, 1.807) is 23.9 Å². The van der Waals surface area contributed by atoms with Crippen LogP contribution in [0.5, 0.6) is 0 Å². The van der Waals surface area contributed by atoms with E-state index in [1.807, 2.05) is 13.8 Å². The molecular weight excluding hydrogens is 206 g/mol. The molecule has 0 aromatic carbocycles. The Labute approximate surface area is 93.7 Å². The maximum Gasteiger partial charge on any atom is 0.216 e. The zero-order valence-corrected chi connectivity index (χ0v) is 9.64. The van der Waals surface area contributed by atoms with Gasteiger partial charge in [0.1, 0.15) is 12.3 Å². The summed E-state index contributed by atoms with van der Waals surface area (Å²) in [6.45, 7) is 5.97. The van der Waals surface area contributed by atoms with E-state index in [4.69, 9.17) is 4.42 Å². The topological polar surface area (TPSA) is 64.1 Å². The van der Waals surface area contributed by atoms with Gasteiger partial charge in [-0.05, 0) is 26.8 Å². The minimum atomic E-state index is -0.547. The van der Waals surface area contributed by atoms with Gasteiger partial charge in [0.05, 0.1) is 17.5 Å². The minimum absolute atomic E-state index is 0.488. The van der Waals surface area contributed by atoms with Crippen LogP contribution in [0.2, 0.25) is 0 Å². The summed E-state index contributed by atoms with van der Waals surface area (Å²) in [7, 11) is 0. The smallest absolute Gasteiger partial charge is 0.216 e. The zero-order valence-electron chi connectivity index (χ0n) is 9.64. The van der Waals surface area contributed by atoms with E-state index < -0.39 is 6.10 Å². The van der Waals surface area contributed by atoms with Crippen LogP contribution in [0.25, 0.3) is 0 Å². The summed E-state index contributed by atoms with van der Waals surface area (Å²) in [6.07, 6.45) is 1.26. The van der Waals surface area contributed by atoms with Gasteiger partial charge in [0, 0.05) is 6.20 Å². The Morgan fingerprint density at radius 3 is 2.75 bits per heavy atom. The second-order valence-corrected chi connectivity index (χ2v) is 3.86. The molecule has 5 heteroatoms. The second kappa shape index (κ2) is 4.09. The third kappa shape index (κ3) is 2.14. The summed E-state index contributed by atoms with van der Waals surface area (Å²) in [6, 6.07) is 1.79. The van der Waals surface area contributed by atoms with Crippen molar-refractivity contribution in [2.24, 2.45) is 0 Å². The van der Waals surface area contributed by atoms with Crippen molar-refractivity contribution in [2.45, 2.75) is 33.4 Å². The first-order chi connectivity index (χ1) is 7.56. The highest BCUT2D eigenvalue weighted by Gasteiger charge is 2.09. The van der Waals surface area contributed by atoms with E-state index in [-0.39, 0.29) is 0 Å². The number of aliphatic hydroxyl groups excluding tert-OH is 1. The molecule has 0 aliphatic carbocycles. The lowest BCUT2D eigenvalue weighted by atomic mass is 10.3. The highest BCUT2D eigenvalue weighted by molar-refractivity contribution is 5.06. The largest absolute Gasteiger partial charge is 0.444 e. The average molecular weight is 221 g/mol. The molecule has 1 N–H and O–H groups in total. The molecule has 2 rings (SSSR count). The Kier molecular flexibility index (Phi) is 2.78. The van der Waals surface area contributed by atoms with Crippen molar-refractivity contribution in [3.63, 3.8) is 0 Å². The van der Waals surface area contributed by atoms with Gasteiger partial charge >= 0.3 is 0 Å². The SMILES string of the molecule is Cc1nc(Cn2ccc([C@H](C)O)n2)oc1C. The van der Waals surface area contributed by atoms with Gasteiger partial charge in [-0.2, -0.15) is 5.10 Å². The van der Waals surface area contributed by atoms with E-state index in [1.165, 1.54) is 0 Å². The molecule has 0 aliphatic heterocycles. The first-order valence-corrected chi connectivity index (χ1v) is 5.20. The molecule has 2 heterocycles. The maximum absolute atomic E-state index is 9.34. The van der Waals surface area contributed by atoms with Crippen LogP contribution < -0.4 is 0 Å². The van der Waals surface area contributed by atoms with Gasteiger partial charge in [-0.1, -0.05) is 0 Å². The molecule has 0 spiro atoms. The number of hydrogen-bond donors (Lipinski definition) is 1. The maximum atomic E-state index is 9.34. The van der Waals surface area contributed by atoms with E-state index in [2.05, 4.69) is 10.1 Å². The van der Waals surface area contributed by atoms with Gasteiger partial charge in [-0.25, -0.2) is 4.98 Å². The van der Waals surface area contributed by atoms with Crippen LogP contribution in [0.4, 0.5) is 0 Å². The van der Waals surface area contributed by atoms with Crippen LogP contribution in [-0.4, -0.2) is 19.9 Å². The van der Waals surface area contributed by atoms with E-state index in [0.717, 1.165) is 11.5 Å². The number of nitrogens with zero attached hydrogens (tertiary/aromatic N) is 3. The predicted octanol–water partition coefficient (Wildman–Crippen LogP) is 1.59. The highest BCUT2D eigenvalue weighted by Crippen LogP contribution is 2.11. The Hall–Kier alpha value is -1.62. The van der Waals surface area contributed by atoms with Gasteiger partial charge in [-0.3, -0.25) is 4.68 Å². The number of oxazole rings is 1. The van der Waals surface area contributed by atoms with Crippen LogP contribution in [0, 0.1) is 13.8 Å². The van der Waals surface area contributed by atoms with Crippen molar-refractivity contribution in [1.29, 1.82) is 0 Å². The predicted molar refractivity (Wildman–Crippen MR) is 57.9 cm³/mol. The molecule has 0 saturated heterocycles. The Morgan fingerprint density at radius 1 is 1.50 bits per heavy atom. The molecule has 0 unspecified atom stereocenters. The first kappa shape index (κ1) is 10.9. The lowest BCUT2D eigenvalue weighted by Gasteiger charge is -1.98. The van der Waals surface area contributed by atoms with Gasteiger partial charge in [0.15, 0.2) is 0 Å². The van der Waals surface area contributed by atoms with Crippen LogP contribution >= 0.6 is 0 Å². The molecule has 5 nitrogen and oxygen atoms in total. The number of aryl methyl sites for hydroxylation is 2. The van der Waals surface area contributed by atoms with Gasteiger partial charge in [-0.15, -0.1) is 0 Å². The molecule has 2 aromatic heterocycles. The summed E-state index contributed by atoms with van der Waals surface area (Å²) in [5.41, 5.74) is 1.55. The molecule has 1 atom stereocenters. The zero-order chi connectivity index (χ0) is 11.7. The summed E-state index contributed by atoms with van der Waals surface area (Å²) in [5, 5.41) is 13.5. The van der Waals surface area contributed by atoms with Crippen LogP contribution in [-0.2, 0) is 6.54 Å². The molecule has 16 heavy (non-hydrogen) atoms. The highest BCUT2D eigenvalue weighted by atomic mass is 16.4. The fourth-order valence-corrected chi connectivity index (χ4v) is 1.43. The first-order valence-electron chi connectivity index (χ1n) is 5.20. The van der Waals surface area contributed by atoms with Crippen molar-refractivity contribution >= 4 is 0 Å². The van der Waals surface area contributed by atoms with Crippen molar-refractivity contribution < 1.29 is 9.52 Å². The van der Waals surface area contributed by atoms with Crippen LogP contribution in [0.1, 0.15) is 36.1 Å². The van der Waals surface area contributed by atoms with Crippen molar-refractivity contribution in [3.8, 4) is 0 Å². The Balaban J connectivity index is 2.14. The third-order valence-electron chi connectivity index (χ3n) is 2.46. The fourth-order valence-electron chi connectivity index (χ4n) is 1.43. The van der Waals surface area contributed by atoms with Gasteiger partial charge < -0.3 is 9.52 Å². The number of aromatic nitrogens is 3. The van der Waals surface area contributed by atoms with E-state index >= 15 is 0 Å². The minimum Gasteiger partial charge on any atom is -0.444 e. The van der Waals surface area contributed by atoms with Gasteiger partial charge in [0.25, 0.3) is 0 Å². The molecule has 0 amide bonds. The number of rotatable bonds is 3. The molecule has 0 bridgehead atoms. The Bertz CT molecular complexity index is 466. The van der Waals surface area contributed by atoms with Gasteiger partial charge in [0.2, 0.25) is 5.89 Å². The normalized spacial score (nSPS) is 13.0. The molecule has 0 saturated carbocycles.